The van der Waals surface area contributed by atoms with E-state index in [-0.39, 0.29) is 0 Å². The van der Waals surface area contributed by atoms with Crippen molar-refractivity contribution < 1.29 is 4.17 Å². The lowest BCUT2D eigenvalue weighted by atomic mass is 10.7. The lowest BCUT2D eigenvalue weighted by Crippen LogP contribution is -1.79. The average Bonchev–Trinajstić information content (AvgIpc) is 1.35. The monoisotopic (exact) mass is 103 g/mol. The number of allylic oxidation sites excluding steroid dienone is 1. The van der Waals surface area contributed by atoms with E-state index in [1.54, 1.807) is 13.0 Å². The van der Waals surface area contributed by atoms with Gasteiger partial charge >= 0.3 is 0 Å². The van der Waals surface area contributed by atoms with Gasteiger partial charge in [-0.25, -0.2) is 0 Å². The van der Waals surface area contributed by atoms with E-state index < -0.39 is 0 Å². The molecule has 0 unspecified atom stereocenters. The molecule has 0 saturated heterocycles. The zero-order valence-corrected chi connectivity index (χ0v) is 4.23. The second kappa shape index (κ2) is 2.78. The Morgan fingerprint density at radius 3 is 2.33 bits per heavy atom. The molecule has 0 amide bonds. The van der Waals surface area contributed by atoms with Crippen LogP contribution >= 0.6 is 0 Å². The fourth-order valence-corrected chi connectivity index (χ4v) is 0.243. The van der Waals surface area contributed by atoms with Gasteiger partial charge < -0.3 is 12.8 Å². The molecule has 0 aromatic rings. The van der Waals surface area contributed by atoms with E-state index in [9.17, 15) is 4.91 Å². The van der Waals surface area contributed by atoms with Crippen molar-refractivity contribution in [2.75, 3.05) is 0 Å². The summed E-state index contributed by atoms with van der Waals surface area (Å²) in [5.41, 5.74) is 0. The lowest BCUT2D eigenvalue weighted by Gasteiger charge is -1.74. The first-order chi connectivity index (χ1) is 2.77. The molecular weight excluding hydrogens is 98.1 g/mol. The summed E-state index contributed by atoms with van der Waals surface area (Å²) in [6.45, 7) is 1.73. The molecule has 34 valence electrons. The van der Waals surface area contributed by atoms with Gasteiger partial charge in [-0.15, -0.1) is 0 Å². The molecule has 0 aliphatic carbocycles. The normalized spacial score (nSPS) is 9.50. The molecule has 0 radical (unpaired) electrons. The van der Waals surface area contributed by atoms with E-state index in [4.69, 9.17) is 0 Å². The van der Waals surface area contributed by atoms with Gasteiger partial charge in [0.1, 0.15) is 0 Å². The molecule has 0 spiro atoms. The number of nitrogens with zero attached hydrogens (tertiary/aromatic N) is 1. The van der Waals surface area contributed by atoms with Crippen LogP contribution in [0.4, 0.5) is 0 Å². The summed E-state index contributed by atoms with van der Waals surface area (Å²) in [5.74, 6) is 0. The summed E-state index contributed by atoms with van der Waals surface area (Å²) in [7, 11) is 0. The van der Waals surface area contributed by atoms with E-state index in [0.29, 0.717) is 4.17 Å². The number of hydrogen-bond donors (Lipinski definition) is 0. The Kier molecular flexibility index (Phi) is 2.58. The van der Waals surface area contributed by atoms with Crippen molar-refractivity contribution in [2.24, 2.45) is 0 Å². The van der Waals surface area contributed by atoms with Crippen molar-refractivity contribution in [3.8, 4) is 0 Å². The largest absolute Gasteiger partial charge is 0.365 e. The predicted molar refractivity (Wildman–Crippen MR) is 25.8 cm³/mol. The van der Waals surface area contributed by atoms with Crippen LogP contribution in [-0.2, 0) is 12.8 Å². The molecule has 0 N–H and O–H groups in total. The Bertz CT molecular complexity index is 78.9. The highest BCUT2D eigenvalue weighted by Crippen LogP contribution is 1.66. The molecule has 0 aliphatic rings. The fourth-order valence-electron chi connectivity index (χ4n) is 0.122. The maximum atomic E-state index is 9.69. The molecule has 2 nitrogen and oxygen atoms in total. The van der Waals surface area contributed by atoms with Crippen molar-refractivity contribution in [1.82, 2.24) is 0 Å². The minimum absolute atomic E-state index is 0.333. The van der Waals surface area contributed by atoms with Crippen molar-refractivity contribution >= 4 is 12.8 Å². The highest BCUT2D eigenvalue weighted by molar-refractivity contribution is 7.51. The standard InChI is InChI=1S/C3H5NOS/c1-2-3-4(5)6/h2-3H,1H3. The minimum atomic E-state index is 0.333. The quantitative estimate of drug-likeness (QED) is 0.360. The molecule has 0 rings (SSSR count). The summed E-state index contributed by atoms with van der Waals surface area (Å²) < 4.78 is 0.333. The molecule has 6 heavy (non-hydrogen) atoms. The van der Waals surface area contributed by atoms with Gasteiger partial charge in [-0.1, -0.05) is 4.17 Å². The summed E-state index contributed by atoms with van der Waals surface area (Å²) in [6.07, 6.45) is 2.84. The van der Waals surface area contributed by atoms with E-state index in [1.165, 1.54) is 6.20 Å². The lowest BCUT2D eigenvalue weighted by molar-refractivity contribution is -0.281. The van der Waals surface area contributed by atoms with Crippen LogP contribution in [0.3, 0.4) is 0 Å². The third-order valence-corrected chi connectivity index (χ3v) is 0.393. The Labute approximate surface area is 42.0 Å². The van der Waals surface area contributed by atoms with Gasteiger partial charge in [0, 0.05) is 4.91 Å². The van der Waals surface area contributed by atoms with Gasteiger partial charge in [0.15, 0.2) is 6.20 Å². The fraction of sp³-hybridized carbons (Fsp3) is 0.333. The van der Waals surface area contributed by atoms with Gasteiger partial charge in [0.25, 0.3) is 0 Å². The summed E-state index contributed by atoms with van der Waals surface area (Å²) in [5, 5.41) is 0. The predicted octanol–water partition coefficient (Wildman–Crippen LogP) is 0.761. The van der Waals surface area contributed by atoms with Crippen molar-refractivity contribution in [3.05, 3.63) is 17.2 Å². The van der Waals surface area contributed by atoms with E-state index in [1.807, 2.05) is 0 Å². The van der Waals surface area contributed by atoms with Crippen LogP contribution in [0.1, 0.15) is 6.92 Å². The molecule has 0 fully saturated rings. The van der Waals surface area contributed by atoms with E-state index >= 15 is 0 Å². The maximum Gasteiger partial charge on any atom is 0.197 e. The maximum absolute atomic E-state index is 9.69. The Morgan fingerprint density at radius 1 is 1.83 bits per heavy atom. The van der Waals surface area contributed by atoms with Crippen LogP contribution in [0.2, 0.25) is 0 Å². The molecule has 0 aliphatic heterocycles. The van der Waals surface area contributed by atoms with E-state index in [0.717, 1.165) is 0 Å². The van der Waals surface area contributed by atoms with Gasteiger partial charge in [0.2, 0.25) is 0 Å². The third-order valence-electron chi connectivity index (χ3n) is 0.271. The van der Waals surface area contributed by atoms with Crippen molar-refractivity contribution in [2.45, 2.75) is 6.92 Å². The zero-order chi connectivity index (χ0) is 4.99. The molecule has 0 heterocycles. The van der Waals surface area contributed by atoms with Crippen LogP contribution in [0.15, 0.2) is 12.3 Å². The van der Waals surface area contributed by atoms with Crippen LogP contribution in [0.5, 0.6) is 0 Å². The summed E-state index contributed by atoms with van der Waals surface area (Å²) >= 11 is 4.07. The highest BCUT2D eigenvalue weighted by Gasteiger charge is 1.68. The van der Waals surface area contributed by atoms with E-state index in [2.05, 4.69) is 12.8 Å². The number of nitroso groups, excluding NO2 is 1. The zero-order valence-electron chi connectivity index (χ0n) is 3.42. The van der Waals surface area contributed by atoms with Crippen LogP contribution in [-0.4, -0.2) is 4.17 Å². The number of hydrogen-bond acceptors (Lipinski definition) is 2. The molecule has 0 bridgehead atoms. The van der Waals surface area contributed by atoms with Crippen LogP contribution < -0.4 is 0 Å². The van der Waals surface area contributed by atoms with Crippen LogP contribution in [0, 0.1) is 4.91 Å². The van der Waals surface area contributed by atoms with Crippen LogP contribution in [0.25, 0.3) is 0 Å². The van der Waals surface area contributed by atoms with Gasteiger partial charge in [0.05, 0.1) is 0 Å². The van der Waals surface area contributed by atoms with Gasteiger partial charge in [-0.2, -0.15) is 0 Å². The summed E-state index contributed by atoms with van der Waals surface area (Å²) in [6, 6.07) is 0. The first-order valence-corrected chi connectivity index (χ1v) is 1.90. The van der Waals surface area contributed by atoms with Gasteiger partial charge in [-0.05, 0) is 13.0 Å². The Hall–Kier alpha value is -0.440. The molecule has 0 aromatic carbocycles. The third kappa shape index (κ3) is 3.56. The van der Waals surface area contributed by atoms with Crippen molar-refractivity contribution in [3.63, 3.8) is 0 Å². The minimum Gasteiger partial charge on any atom is -0.365 e. The second-order valence-electron chi connectivity index (χ2n) is 0.768. The molecule has 0 atom stereocenters. The molecule has 0 aromatic heterocycles. The topological polar surface area (TPSA) is 20.1 Å². The smallest absolute Gasteiger partial charge is 0.197 e. The summed E-state index contributed by atoms with van der Waals surface area (Å²) in [4.78, 5) is 9.69. The second-order valence-corrected chi connectivity index (χ2v) is 1.13. The molecule has 3 heteroatoms. The first-order valence-electron chi connectivity index (χ1n) is 1.53. The Balaban J connectivity index is 3.30. The van der Waals surface area contributed by atoms with Crippen molar-refractivity contribution in [1.29, 1.82) is 0 Å². The molecule has 0 saturated carbocycles. The SMILES string of the molecule is CC=C[N+](=O)[S-]. The molecular formula is C3H5NOS. The Morgan fingerprint density at radius 2 is 2.33 bits per heavy atom. The average molecular weight is 103 g/mol. The number of rotatable bonds is 1. The first kappa shape index (κ1) is 5.56. The highest BCUT2D eigenvalue weighted by atomic mass is 32.1. The van der Waals surface area contributed by atoms with Gasteiger partial charge in [-0.3, -0.25) is 0 Å².